The number of tetrazole rings is 1. The van der Waals surface area contributed by atoms with Gasteiger partial charge in [0.15, 0.2) is 5.82 Å². The fourth-order valence-electron chi connectivity index (χ4n) is 3.33. The van der Waals surface area contributed by atoms with Crippen molar-refractivity contribution in [1.29, 1.82) is 0 Å². The standard InChI is InChI=1S/C19H19ClF3N5O3S/c1-9-4-6-13(21)16(10(9)2)11(3)17(18-24-27-28-25-18)26-32(29,30)15-7-5-12(20)8-14(15)31-19(22)23/h4-8,11,17,19,26H,1-3H3,(H,24,25,27,28). The maximum Gasteiger partial charge on any atom is 0.387 e. The van der Waals surface area contributed by atoms with Crippen LogP contribution in [0.5, 0.6) is 5.75 Å². The summed E-state index contributed by atoms with van der Waals surface area (Å²) in [7, 11) is -4.48. The van der Waals surface area contributed by atoms with E-state index in [9.17, 15) is 21.6 Å². The molecule has 3 rings (SSSR count). The number of hydrogen-bond acceptors (Lipinski definition) is 6. The van der Waals surface area contributed by atoms with Crippen molar-refractivity contribution in [2.24, 2.45) is 0 Å². The highest BCUT2D eigenvalue weighted by Gasteiger charge is 2.34. The van der Waals surface area contributed by atoms with E-state index in [0.717, 1.165) is 17.7 Å². The summed E-state index contributed by atoms with van der Waals surface area (Å²) >= 11 is 5.80. The number of aromatic amines is 1. The Balaban J connectivity index is 2.07. The average Bonchev–Trinajstić information content (AvgIpc) is 3.23. The van der Waals surface area contributed by atoms with Crippen LogP contribution in [0.3, 0.4) is 0 Å². The van der Waals surface area contributed by atoms with E-state index in [-0.39, 0.29) is 16.4 Å². The molecule has 32 heavy (non-hydrogen) atoms. The van der Waals surface area contributed by atoms with Crippen LogP contribution in [0.4, 0.5) is 13.2 Å². The van der Waals surface area contributed by atoms with E-state index in [1.54, 1.807) is 26.8 Å². The molecule has 172 valence electrons. The molecular weight excluding hydrogens is 471 g/mol. The number of hydrogen-bond donors (Lipinski definition) is 2. The Labute approximate surface area is 187 Å². The van der Waals surface area contributed by atoms with Crippen molar-refractivity contribution in [2.75, 3.05) is 0 Å². The van der Waals surface area contributed by atoms with Gasteiger partial charge in [-0.3, -0.25) is 0 Å². The molecule has 0 saturated heterocycles. The van der Waals surface area contributed by atoms with E-state index in [2.05, 4.69) is 30.1 Å². The highest BCUT2D eigenvalue weighted by Crippen LogP contribution is 2.36. The third-order valence-corrected chi connectivity index (χ3v) is 6.74. The van der Waals surface area contributed by atoms with Crippen LogP contribution in [0, 0.1) is 19.7 Å². The SMILES string of the molecule is Cc1ccc(F)c(C(C)C(NS(=O)(=O)c2ccc(Cl)cc2OC(F)F)c2nn[nH]n2)c1C. The largest absolute Gasteiger partial charge is 0.433 e. The zero-order chi connectivity index (χ0) is 23.6. The second-order valence-electron chi connectivity index (χ2n) is 7.03. The normalized spacial score (nSPS) is 13.9. The van der Waals surface area contributed by atoms with Crippen molar-refractivity contribution >= 4 is 21.6 Å². The molecule has 0 aliphatic heterocycles. The number of benzene rings is 2. The fraction of sp³-hybridized carbons (Fsp3) is 0.316. The number of nitrogens with zero attached hydrogens (tertiary/aromatic N) is 3. The van der Waals surface area contributed by atoms with Crippen LogP contribution in [-0.4, -0.2) is 35.7 Å². The lowest BCUT2D eigenvalue weighted by Crippen LogP contribution is -2.33. The molecule has 3 aromatic rings. The number of H-pyrrole nitrogens is 1. The molecule has 2 N–H and O–H groups in total. The minimum Gasteiger partial charge on any atom is -0.433 e. The van der Waals surface area contributed by atoms with Crippen molar-refractivity contribution in [1.82, 2.24) is 25.3 Å². The quantitative estimate of drug-likeness (QED) is 0.494. The number of alkyl halides is 2. The Morgan fingerprint density at radius 1 is 1.19 bits per heavy atom. The zero-order valence-corrected chi connectivity index (χ0v) is 18.7. The van der Waals surface area contributed by atoms with Gasteiger partial charge in [-0.15, -0.1) is 10.2 Å². The number of nitrogens with one attached hydrogen (secondary N) is 2. The Hall–Kier alpha value is -2.70. The molecule has 2 unspecified atom stereocenters. The lowest BCUT2D eigenvalue weighted by Gasteiger charge is -2.25. The average molecular weight is 490 g/mol. The lowest BCUT2D eigenvalue weighted by atomic mass is 9.88. The van der Waals surface area contributed by atoms with Crippen LogP contribution in [0.1, 0.15) is 41.4 Å². The molecular formula is C19H19ClF3N5O3S. The van der Waals surface area contributed by atoms with Gasteiger partial charge < -0.3 is 4.74 Å². The number of aromatic nitrogens is 4. The van der Waals surface area contributed by atoms with Crippen molar-refractivity contribution < 1.29 is 26.3 Å². The topological polar surface area (TPSA) is 110 Å². The van der Waals surface area contributed by atoms with Crippen LogP contribution in [0.25, 0.3) is 0 Å². The Morgan fingerprint density at radius 3 is 2.53 bits per heavy atom. The first-order valence-electron chi connectivity index (χ1n) is 9.27. The van der Waals surface area contributed by atoms with Gasteiger partial charge in [0, 0.05) is 17.0 Å². The summed E-state index contributed by atoms with van der Waals surface area (Å²) in [5.41, 5.74) is 1.68. The molecule has 0 saturated carbocycles. The van der Waals surface area contributed by atoms with Crippen LogP contribution in [-0.2, 0) is 10.0 Å². The van der Waals surface area contributed by atoms with E-state index >= 15 is 0 Å². The summed E-state index contributed by atoms with van der Waals surface area (Å²) in [5, 5.41) is 13.4. The van der Waals surface area contributed by atoms with Gasteiger partial charge in [0.2, 0.25) is 10.0 Å². The molecule has 0 fully saturated rings. The highest BCUT2D eigenvalue weighted by molar-refractivity contribution is 7.89. The highest BCUT2D eigenvalue weighted by atomic mass is 35.5. The molecule has 1 aromatic heterocycles. The molecule has 1 heterocycles. The molecule has 0 aliphatic carbocycles. The molecule has 0 amide bonds. The van der Waals surface area contributed by atoms with Crippen LogP contribution in [0.2, 0.25) is 5.02 Å². The Kier molecular flexibility index (Phi) is 7.06. The van der Waals surface area contributed by atoms with Crippen molar-refractivity contribution in [3.63, 3.8) is 0 Å². The minimum absolute atomic E-state index is 0.000132. The third-order valence-electron chi connectivity index (χ3n) is 5.02. The van der Waals surface area contributed by atoms with Crippen LogP contribution < -0.4 is 9.46 Å². The molecule has 0 radical (unpaired) electrons. The maximum atomic E-state index is 14.7. The molecule has 2 aromatic carbocycles. The third kappa shape index (κ3) is 5.03. The van der Waals surface area contributed by atoms with E-state index < -0.39 is 45.1 Å². The van der Waals surface area contributed by atoms with E-state index in [1.165, 1.54) is 12.1 Å². The molecule has 0 bridgehead atoms. The molecule has 8 nitrogen and oxygen atoms in total. The van der Waals surface area contributed by atoms with Gasteiger partial charge in [-0.2, -0.15) is 18.7 Å². The van der Waals surface area contributed by atoms with Crippen LogP contribution in [0.15, 0.2) is 35.2 Å². The number of sulfonamides is 1. The van der Waals surface area contributed by atoms with Gasteiger partial charge in [-0.1, -0.05) is 29.8 Å². The second kappa shape index (κ2) is 9.43. The van der Waals surface area contributed by atoms with E-state index in [0.29, 0.717) is 5.56 Å². The number of aryl methyl sites for hydroxylation is 1. The monoisotopic (exact) mass is 489 g/mol. The van der Waals surface area contributed by atoms with Gasteiger partial charge in [0.25, 0.3) is 0 Å². The Morgan fingerprint density at radius 2 is 1.91 bits per heavy atom. The molecule has 0 spiro atoms. The predicted octanol–water partition coefficient (Wildman–Crippen LogP) is 4.03. The van der Waals surface area contributed by atoms with Gasteiger partial charge in [-0.05, 0) is 48.7 Å². The molecule has 13 heteroatoms. The summed E-state index contributed by atoms with van der Waals surface area (Å²) < 4.78 is 73.4. The zero-order valence-electron chi connectivity index (χ0n) is 17.1. The molecule has 2 atom stereocenters. The first-order valence-corrected chi connectivity index (χ1v) is 11.1. The second-order valence-corrected chi connectivity index (χ2v) is 9.15. The lowest BCUT2D eigenvalue weighted by molar-refractivity contribution is -0.0517. The molecule has 0 aliphatic rings. The van der Waals surface area contributed by atoms with Gasteiger partial charge in [-0.25, -0.2) is 12.8 Å². The van der Waals surface area contributed by atoms with Crippen molar-refractivity contribution in [2.45, 2.75) is 44.2 Å². The number of rotatable bonds is 8. The summed E-state index contributed by atoms with van der Waals surface area (Å²) in [4.78, 5) is -0.579. The summed E-state index contributed by atoms with van der Waals surface area (Å²) in [5.74, 6) is -2.04. The van der Waals surface area contributed by atoms with Gasteiger partial charge >= 0.3 is 6.61 Å². The first-order chi connectivity index (χ1) is 15.0. The fourth-order valence-corrected chi connectivity index (χ4v) is 4.88. The summed E-state index contributed by atoms with van der Waals surface area (Å²) in [6, 6.07) is 4.90. The van der Waals surface area contributed by atoms with Gasteiger partial charge in [0.05, 0.1) is 6.04 Å². The van der Waals surface area contributed by atoms with Crippen molar-refractivity contribution in [3.05, 3.63) is 63.7 Å². The first kappa shape index (κ1) is 24.0. The van der Waals surface area contributed by atoms with Gasteiger partial charge in [0.1, 0.15) is 16.5 Å². The maximum absolute atomic E-state index is 14.7. The summed E-state index contributed by atoms with van der Waals surface area (Å²) in [6.07, 6.45) is 0. The van der Waals surface area contributed by atoms with Crippen molar-refractivity contribution in [3.8, 4) is 5.75 Å². The predicted molar refractivity (Wildman–Crippen MR) is 110 cm³/mol. The number of halogens is 4. The minimum atomic E-state index is -4.48. The number of ether oxygens (including phenoxy) is 1. The summed E-state index contributed by atoms with van der Waals surface area (Å²) in [6.45, 7) is 1.81. The smallest absolute Gasteiger partial charge is 0.387 e. The van der Waals surface area contributed by atoms with Crippen LogP contribution >= 0.6 is 11.6 Å². The Bertz CT molecular complexity index is 1210. The van der Waals surface area contributed by atoms with E-state index in [4.69, 9.17) is 11.6 Å². The van der Waals surface area contributed by atoms with E-state index in [1.807, 2.05) is 0 Å².